The van der Waals surface area contributed by atoms with Crippen molar-refractivity contribution in [1.82, 2.24) is 9.97 Å². The van der Waals surface area contributed by atoms with Crippen molar-refractivity contribution in [3.8, 4) is 0 Å². The first-order chi connectivity index (χ1) is 11.7. The third-order valence-corrected chi connectivity index (χ3v) is 4.07. The zero-order chi connectivity index (χ0) is 18.6. The van der Waals surface area contributed by atoms with E-state index in [4.69, 9.17) is 22.1 Å². The van der Waals surface area contributed by atoms with Crippen molar-refractivity contribution >= 4 is 24.2 Å². The van der Waals surface area contributed by atoms with Gasteiger partial charge in [0.25, 0.3) is 0 Å². The second kappa shape index (κ2) is 7.62. The van der Waals surface area contributed by atoms with Gasteiger partial charge >= 0.3 is 11.9 Å². The van der Waals surface area contributed by atoms with Crippen LogP contribution in [0, 0.1) is 4.77 Å². The van der Waals surface area contributed by atoms with Crippen LogP contribution in [0.4, 0.5) is 0 Å². The van der Waals surface area contributed by atoms with Gasteiger partial charge < -0.3 is 24.3 Å². The molecule has 2 aromatic rings. The van der Waals surface area contributed by atoms with Gasteiger partial charge in [-0.15, -0.1) is 0 Å². The van der Waals surface area contributed by atoms with E-state index in [0.29, 0.717) is 15.7 Å². The number of hydrogen-bond donors (Lipinski definition) is 3. The largest absolute Gasteiger partial charge is 0.478 e. The second-order valence-corrected chi connectivity index (χ2v) is 7.12. The lowest BCUT2D eigenvalue weighted by atomic mass is 10.1. The number of carbonyl (C=O) groups is 2. The van der Waals surface area contributed by atoms with E-state index in [9.17, 15) is 9.59 Å². The second-order valence-electron chi connectivity index (χ2n) is 6.71. The lowest BCUT2D eigenvalue weighted by Gasteiger charge is -2.32. The SMILES string of the molecule is C[N+](C)(C)[C@@H](Cc1c[nH]c(=S)[nH]1)C(=O)OCc1ccc(C(=O)O)cc1. The number of nitrogens with one attached hydrogen (secondary N) is 2. The van der Waals surface area contributed by atoms with Crippen LogP contribution in [0.25, 0.3) is 0 Å². The van der Waals surface area contributed by atoms with Crippen LogP contribution in [0.15, 0.2) is 30.5 Å². The van der Waals surface area contributed by atoms with Crippen molar-refractivity contribution < 1.29 is 23.9 Å². The molecular formula is C17H22N3O4S+. The molecule has 1 aromatic heterocycles. The lowest BCUT2D eigenvalue weighted by molar-refractivity contribution is -0.887. The summed E-state index contributed by atoms with van der Waals surface area (Å²) in [7, 11) is 5.78. The Bertz CT molecular complexity index is 802. The normalized spacial score (nSPS) is 12.6. The molecule has 25 heavy (non-hydrogen) atoms. The molecule has 1 atom stereocenters. The van der Waals surface area contributed by atoms with E-state index in [1.165, 1.54) is 12.1 Å². The molecule has 0 saturated carbocycles. The number of aromatic carboxylic acids is 1. The number of rotatable bonds is 7. The number of carboxylic acid groups (broad SMARTS) is 1. The monoisotopic (exact) mass is 364 g/mol. The van der Waals surface area contributed by atoms with Gasteiger partial charge in [-0.3, -0.25) is 0 Å². The van der Waals surface area contributed by atoms with Gasteiger partial charge in [-0.05, 0) is 29.9 Å². The van der Waals surface area contributed by atoms with Crippen LogP contribution in [-0.4, -0.2) is 58.7 Å². The fraction of sp³-hybridized carbons (Fsp3) is 0.353. The molecule has 8 heteroatoms. The van der Waals surface area contributed by atoms with E-state index < -0.39 is 12.0 Å². The maximum Gasteiger partial charge on any atom is 0.365 e. The van der Waals surface area contributed by atoms with E-state index in [1.54, 1.807) is 18.3 Å². The number of quaternary nitrogens is 1. The van der Waals surface area contributed by atoms with Crippen LogP contribution in [0.5, 0.6) is 0 Å². The van der Waals surface area contributed by atoms with Crippen molar-refractivity contribution in [3.63, 3.8) is 0 Å². The Morgan fingerprint density at radius 2 is 1.88 bits per heavy atom. The minimum absolute atomic E-state index is 0.0956. The van der Waals surface area contributed by atoms with Crippen molar-refractivity contribution in [1.29, 1.82) is 0 Å². The van der Waals surface area contributed by atoms with Gasteiger partial charge in [0, 0.05) is 11.9 Å². The summed E-state index contributed by atoms with van der Waals surface area (Å²) in [5.74, 6) is -1.31. The number of carboxylic acids is 1. The van der Waals surface area contributed by atoms with Gasteiger partial charge in [0.2, 0.25) is 0 Å². The Balaban J connectivity index is 2.04. The van der Waals surface area contributed by atoms with Crippen LogP contribution in [0.2, 0.25) is 0 Å². The summed E-state index contributed by atoms with van der Waals surface area (Å²) < 4.78 is 6.37. The van der Waals surface area contributed by atoms with Gasteiger partial charge in [-0.1, -0.05) is 12.1 Å². The van der Waals surface area contributed by atoms with Crippen molar-refractivity contribution in [2.24, 2.45) is 0 Å². The Morgan fingerprint density at radius 3 is 2.36 bits per heavy atom. The van der Waals surface area contributed by atoms with E-state index in [2.05, 4.69) is 9.97 Å². The molecule has 3 N–H and O–H groups in total. The Kier molecular flexibility index (Phi) is 5.76. The number of carbonyl (C=O) groups excluding carboxylic acids is 1. The summed E-state index contributed by atoms with van der Waals surface area (Å²) in [5.41, 5.74) is 1.77. The number of benzene rings is 1. The average Bonchev–Trinajstić information content (AvgIpc) is 2.95. The molecule has 0 aliphatic carbocycles. The maximum absolute atomic E-state index is 12.6. The molecule has 2 rings (SSSR count). The molecule has 134 valence electrons. The highest BCUT2D eigenvalue weighted by molar-refractivity contribution is 7.71. The predicted octanol–water partition coefficient (Wildman–Crippen LogP) is 2.13. The highest BCUT2D eigenvalue weighted by Gasteiger charge is 2.33. The molecule has 0 aliphatic heterocycles. The minimum atomic E-state index is -0.988. The molecule has 0 aliphatic rings. The molecule has 0 fully saturated rings. The van der Waals surface area contributed by atoms with Crippen LogP contribution < -0.4 is 0 Å². The van der Waals surface area contributed by atoms with Crippen molar-refractivity contribution in [2.75, 3.05) is 21.1 Å². The quantitative estimate of drug-likeness (QED) is 0.397. The topological polar surface area (TPSA) is 95.2 Å². The van der Waals surface area contributed by atoms with E-state index >= 15 is 0 Å². The molecule has 0 spiro atoms. The van der Waals surface area contributed by atoms with Gasteiger partial charge in [-0.2, -0.15) is 0 Å². The van der Waals surface area contributed by atoms with Crippen LogP contribution in [0.1, 0.15) is 21.6 Å². The summed E-state index contributed by atoms with van der Waals surface area (Å²) in [4.78, 5) is 29.3. The third-order valence-electron chi connectivity index (χ3n) is 3.85. The summed E-state index contributed by atoms with van der Waals surface area (Å²) in [6, 6.07) is 5.85. The van der Waals surface area contributed by atoms with Crippen LogP contribution >= 0.6 is 12.2 Å². The number of aromatic amines is 2. The number of H-pyrrole nitrogens is 2. The molecule has 1 heterocycles. The third kappa shape index (κ3) is 5.27. The first-order valence-corrected chi connectivity index (χ1v) is 8.14. The number of ether oxygens (including phenoxy) is 1. The zero-order valence-electron chi connectivity index (χ0n) is 14.4. The highest BCUT2D eigenvalue weighted by Crippen LogP contribution is 2.13. The number of esters is 1. The first kappa shape index (κ1) is 18.9. The maximum atomic E-state index is 12.6. The summed E-state index contributed by atoms with van der Waals surface area (Å²) in [6.45, 7) is 0.0956. The van der Waals surface area contributed by atoms with Gasteiger partial charge in [-0.25, -0.2) is 9.59 Å². The molecule has 0 bridgehead atoms. The van der Waals surface area contributed by atoms with Crippen molar-refractivity contribution in [2.45, 2.75) is 19.1 Å². The van der Waals surface area contributed by atoms with Gasteiger partial charge in [0.15, 0.2) is 10.8 Å². The molecule has 0 unspecified atom stereocenters. The molecule has 0 saturated heterocycles. The Hall–Kier alpha value is -2.45. The summed E-state index contributed by atoms with van der Waals surface area (Å²) in [5, 5.41) is 8.90. The minimum Gasteiger partial charge on any atom is -0.478 e. The predicted molar refractivity (Wildman–Crippen MR) is 94.7 cm³/mol. The number of aromatic nitrogens is 2. The molecule has 0 amide bonds. The Morgan fingerprint density at radius 1 is 1.24 bits per heavy atom. The fourth-order valence-corrected chi connectivity index (χ4v) is 2.55. The number of imidazole rings is 1. The highest BCUT2D eigenvalue weighted by atomic mass is 32.1. The fourth-order valence-electron chi connectivity index (χ4n) is 2.36. The van der Waals surface area contributed by atoms with Gasteiger partial charge in [0.1, 0.15) is 6.61 Å². The summed E-state index contributed by atoms with van der Waals surface area (Å²) >= 11 is 5.01. The number of hydrogen-bond acceptors (Lipinski definition) is 4. The van der Waals surface area contributed by atoms with E-state index in [1.807, 2.05) is 21.1 Å². The van der Waals surface area contributed by atoms with E-state index in [-0.39, 0.29) is 18.1 Å². The molecular weight excluding hydrogens is 342 g/mol. The van der Waals surface area contributed by atoms with Crippen molar-refractivity contribution in [3.05, 3.63) is 52.1 Å². The Labute approximate surface area is 150 Å². The summed E-state index contributed by atoms with van der Waals surface area (Å²) in [6.07, 6.45) is 2.22. The first-order valence-electron chi connectivity index (χ1n) is 7.73. The van der Waals surface area contributed by atoms with Gasteiger partial charge in [0.05, 0.1) is 33.1 Å². The average molecular weight is 364 g/mol. The number of nitrogens with zero attached hydrogens (tertiary/aromatic N) is 1. The zero-order valence-corrected chi connectivity index (χ0v) is 15.2. The standard InChI is InChI=1S/C17H21N3O4S/c1-20(2,3)14(8-13-9-18-17(25)19-13)16(23)24-10-11-4-6-12(7-5-11)15(21)22/h4-7,9,14H,8,10H2,1-3H3,(H2-,18,19,21,22,25)/p+1/t14-/m0/s1. The van der Waals surface area contributed by atoms with Crippen LogP contribution in [0.3, 0.4) is 0 Å². The molecule has 1 aromatic carbocycles. The molecule has 7 nitrogen and oxygen atoms in total. The lowest BCUT2D eigenvalue weighted by Crippen LogP contribution is -2.51. The molecule has 0 radical (unpaired) electrons. The van der Waals surface area contributed by atoms with E-state index in [0.717, 1.165) is 11.3 Å². The smallest absolute Gasteiger partial charge is 0.365 e. The number of likely N-dealkylation sites (N-methyl/N-ethyl adjacent to an activating group) is 1. The van der Waals surface area contributed by atoms with Crippen LogP contribution in [-0.2, 0) is 22.6 Å².